The van der Waals surface area contributed by atoms with E-state index in [0.717, 1.165) is 18.0 Å². The maximum Gasteiger partial charge on any atom is 0.0257 e. The first-order chi connectivity index (χ1) is 6.36. The summed E-state index contributed by atoms with van der Waals surface area (Å²) < 4.78 is 0. The molecule has 0 spiro atoms. The molecule has 2 N–H and O–H groups in total. The van der Waals surface area contributed by atoms with Crippen LogP contribution < -0.4 is 5.73 Å². The average molecular weight is 198 g/mol. The van der Waals surface area contributed by atoms with Crippen molar-refractivity contribution in [3.05, 3.63) is 0 Å². The van der Waals surface area contributed by atoms with Gasteiger partial charge in [-0.1, -0.05) is 0 Å². The van der Waals surface area contributed by atoms with Crippen molar-refractivity contribution in [1.29, 1.82) is 0 Å². The molecule has 3 heteroatoms. The van der Waals surface area contributed by atoms with E-state index in [-0.39, 0.29) is 0 Å². The van der Waals surface area contributed by atoms with Crippen LogP contribution in [0.3, 0.4) is 0 Å². The van der Waals surface area contributed by atoms with E-state index in [9.17, 15) is 0 Å². The minimum Gasteiger partial charge on any atom is -0.326 e. The third-order valence-corrected chi connectivity index (χ3v) is 5.21. The molecule has 4 atom stereocenters. The normalized spacial score (nSPS) is 50.5. The van der Waals surface area contributed by atoms with Crippen LogP contribution in [-0.4, -0.2) is 41.1 Å². The summed E-state index contributed by atoms with van der Waals surface area (Å²) in [6.45, 7) is 1.30. The van der Waals surface area contributed by atoms with Crippen molar-refractivity contribution < 1.29 is 0 Å². The number of hydrogen-bond donors (Lipinski definition) is 1. The highest BCUT2D eigenvalue weighted by atomic mass is 32.2. The van der Waals surface area contributed by atoms with E-state index < -0.39 is 0 Å². The van der Waals surface area contributed by atoms with E-state index in [4.69, 9.17) is 5.73 Å². The maximum absolute atomic E-state index is 6.08. The maximum atomic E-state index is 6.08. The van der Waals surface area contributed by atoms with E-state index >= 15 is 0 Å². The van der Waals surface area contributed by atoms with Gasteiger partial charge in [-0.25, -0.2) is 0 Å². The molecule has 3 heterocycles. The van der Waals surface area contributed by atoms with Crippen molar-refractivity contribution >= 4 is 11.8 Å². The van der Waals surface area contributed by atoms with Gasteiger partial charge in [-0.3, -0.25) is 4.90 Å². The number of nitrogens with two attached hydrogens (primary N) is 1. The standard InChI is InChI=1S/C10H18N2S/c11-10-7-4-9(10)12(5-7)8-2-1-3-13-6-8/h7-10H,1-6,11H2. The van der Waals surface area contributed by atoms with E-state index in [1.54, 1.807) is 0 Å². The highest BCUT2D eigenvalue weighted by molar-refractivity contribution is 7.99. The summed E-state index contributed by atoms with van der Waals surface area (Å²) >= 11 is 2.13. The predicted molar refractivity (Wildman–Crippen MR) is 56.9 cm³/mol. The van der Waals surface area contributed by atoms with Crippen molar-refractivity contribution in [2.45, 2.75) is 37.4 Å². The first-order valence-electron chi connectivity index (χ1n) is 5.45. The zero-order valence-corrected chi connectivity index (χ0v) is 8.80. The number of hydrogen-bond acceptors (Lipinski definition) is 3. The zero-order chi connectivity index (χ0) is 8.84. The van der Waals surface area contributed by atoms with Crippen molar-refractivity contribution in [3.8, 4) is 0 Å². The van der Waals surface area contributed by atoms with Gasteiger partial charge in [0.15, 0.2) is 0 Å². The fourth-order valence-corrected chi connectivity index (χ4v) is 4.27. The van der Waals surface area contributed by atoms with Gasteiger partial charge in [0.2, 0.25) is 0 Å². The van der Waals surface area contributed by atoms with E-state index in [1.165, 1.54) is 37.3 Å². The van der Waals surface area contributed by atoms with Gasteiger partial charge in [0, 0.05) is 30.4 Å². The average Bonchev–Trinajstić information content (AvgIpc) is 2.75. The van der Waals surface area contributed by atoms with E-state index in [2.05, 4.69) is 16.7 Å². The van der Waals surface area contributed by atoms with Crippen molar-refractivity contribution in [2.75, 3.05) is 18.1 Å². The zero-order valence-electron chi connectivity index (χ0n) is 7.98. The van der Waals surface area contributed by atoms with Gasteiger partial charge in [-0.05, 0) is 30.9 Å². The summed E-state index contributed by atoms with van der Waals surface area (Å²) in [5.41, 5.74) is 6.08. The Kier molecular flexibility index (Phi) is 2.07. The van der Waals surface area contributed by atoms with Crippen LogP contribution in [0.4, 0.5) is 0 Å². The molecule has 4 aliphatic rings. The number of rotatable bonds is 1. The van der Waals surface area contributed by atoms with Crippen LogP contribution in [0, 0.1) is 5.92 Å². The first kappa shape index (κ1) is 8.57. The van der Waals surface area contributed by atoms with Gasteiger partial charge < -0.3 is 5.73 Å². The molecule has 0 aromatic rings. The lowest BCUT2D eigenvalue weighted by atomic mass is 9.81. The lowest BCUT2D eigenvalue weighted by molar-refractivity contribution is 0.168. The molecule has 1 aliphatic carbocycles. The summed E-state index contributed by atoms with van der Waals surface area (Å²) in [5.74, 6) is 3.58. The van der Waals surface area contributed by atoms with Gasteiger partial charge in [-0.15, -0.1) is 0 Å². The largest absolute Gasteiger partial charge is 0.326 e. The fraction of sp³-hybridized carbons (Fsp3) is 1.00. The molecular weight excluding hydrogens is 180 g/mol. The number of thioether (sulfide) groups is 1. The summed E-state index contributed by atoms with van der Waals surface area (Å²) in [7, 11) is 0. The van der Waals surface area contributed by atoms with Gasteiger partial charge in [0.25, 0.3) is 0 Å². The topological polar surface area (TPSA) is 29.3 Å². The Hall–Kier alpha value is 0.270. The molecule has 74 valence electrons. The quantitative estimate of drug-likeness (QED) is 0.679. The van der Waals surface area contributed by atoms with Crippen LogP contribution in [0.15, 0.2) is 0 Å². The predicted octanol–water partition coefficient (Wildman–Crippen LogP) is 0.913. The molecular formula is C10H18N2S. The van der Waals surface area contributed by atoms with Crippen LogP contribution in [0.2, 0.25) is 0 Å². The lowest BCUT2D eigenvalue weighted by Crippen LogP contribution is -2.52. The smallest absolute Gasteiger partial charge is 0.0257 e. The first-order valence-corrected chi connectivity index (χ1v) is 6.61. The van der Waals surface area contributed by atoms with Crippen molar-refractivity contribution in [2.24, 2.45) is 11.7 Å². The highest BCUT2D eigenvalue weighted by Gasteiger charge is 2.51. The van der Waals surface area contributed by atoms with Crippen LogP contribution in [0.1, 0.15) is 19.3 Å². The second-order valence-corrected chi connectivity index (χ2v) is 5.86. The minimum atomic E-state index is 0.520. The summed E-state index contributed by atoms with van der Waals surface area (Å²) in [6.07, 6.45) is 4.23. The second kappa shape index (κ2) is 3.14. The SMILES string of the molecule is NC1C2CC1N(C1CCCSC1)C2. The number of fused-ring (bicyclic) bond motifs is 1. The van der Waals surface area contributed by atoms with Crippen LogP contribution in [-0.2, 0) is 0 Å². The molecule has 13 heavy (non-hydrogen) atoms. The van der Waals surface area contributed by atoms with Crippen LogP contribution >= 0.6 is 11.8 Å². The monoisotopic (exact) mass is 198 g/mol. The van der Waals surface area contributed by atoms with Crippen LogP contribution in [0.25, 0.3) is 0 Å². The Morgan fingerprint density at radius 2 is 2.31 bits per heavy atom. The third kappa shape index (κ3) is 1.24. The molecule has 0 amide bonds. The van der Waals surface area contributed by atoms with Crippen molar-refractivity contribution in [3.63, 3.8) is 0 Å². The Labute approximate surface area is 84.2 Å². The lowest BCUT2D eigenvalue weighted by Gasteiger charge is -2.38. The molecule has 0 aromatic heterocycles. The van der Waals surface area contributed by atoms with Gasteiger partial charge in [0.1, 0.15) is 0 Å². The molecule has 3 aliphatic heterocycles. The Balaban J connectivity index is 1.66. The molecule has 0 radical (unpaired) electrons. The molecule has 0 aromatic carbocycles. The van der Waals surface area contributed by atoms with Crippen LogP contribution in [0.5, 0.6) is 0 Å². The Bertz CT molecular complexity index is 203. The van der Waals surface area contributed by atoms with Gasteiger partial charge in [0.05, 0.1) is 0 Å². The molecule has 1 saturated carbocycles. The van der Waals surface area contributed by atoms with E-state index in [1.807, 2.05) is 0 Å². The van der Waals surface area contributed by atoms with Gasteiger partial charge >= 0.3 is 0 Å². The fourth-order valence-electron chi connectivity index (χ4n) is 3.11. The van der Waals surface area contributed by atoms with Gasteiger partial charge in [-0.2, -0.15) is 11.8 Å². The molecule has 4 fully saturated rings. The summed E-state index contributed by atoms with van der Waals surface area (Å²) in [6, 6.07) is 2.14. The molecule has 2 nitrogen and oxygen atoms in total. The molecule has 3 saturated heterocycles. The van der Waals surface area contributed by atoms with E-state index in [0.29, 0.717) is 6.04 Å². The number of nitrogens with zero attached hydrogens (tertiary/aromatic N) is 1. The molecule has 2 bridgehead atoms. The Morgan fingerprint density at radius 3 is 2.85 bits per heavy atom. The summed E-state index contributed by atoms with van der Waals surface area (Å²) in [5, 5.41) is 0. The highest BCUT2D eigenvalue weighted by Crippen LogP contribution is 2.42. The molecule has 4 rings (SSSR count). The molecule has 4 unspecified atom stereocenters. The second-order valence-electron chi connectivity index (χ2n) is 4.71. The Morgan fingerprint density at radius 1 is 1.38 bits per heavy atom. The minimum absolute atomic E-state index is 0.520. The summed E-state index contributed by atoms with van der Waals surface area (Å²) in [4.78, 5) is 2.71. The third-order valence-electron chi connectivity index (χ3n) is 4.01. The van der Waals surface area contributed by atoms with Crippen molar-refractivity contribution in [1.82, 2.24) is 4.90 Å².